The summed E-state index contributed by atoms with van der Waals surface area (Å²) in [6.07, 6.45) is 1.57. The van der Waals surface area contributed by atoms with Crippen LogP contribution in [0.5, 0.6) is 0 Å². The summed E-state index contributed by atoms with van der Waals surface area (Å²) >= 11 is 4.77. The molecule has 0 unspecified atom stereocenters. The van der Waals surface area contributed by atoms with Crippen molar-refractivity contribution in [3.63, 3.8) is 0 Å². The summed E-state index contributed by atoms with van der Waals surface area (Å²) in [4.78, 5) is 0.182. The van der Waals surface area contributed by atoms with Crippen LogP contribution >= 0.6 is 12.2 Å². The number of nitrogens with two attached hydrogens (primary N) is 1. The highest BCUT2D eigenvalue weighted by Crippen LogP contribution is 2.16. The van der Waals surface area contributed by atoms with E-state index >= 15 is 0 Å². The Kier molecular flexibility index (Phi) is 3.39. The van der Waals surface area contributed by atoms with Crippen molar-refractivity contribution in [1.82, 2.24) is 0 Å². The van der Waals surface area contributed by atoms with E-state index in [1.54, 1.807) is 24.5 Å². The Morgan fingerprint density at radius 2 is 2.24 bits per heavy atom. The molecule has 0 amide bonds. The van der Waals surface area contributed by atoms with E-state index in [0.29, 0.717) is 17.8 Å². The zero-order valence-electron chi connectivity index (χ0n) is 8.94. The molecule has 3 nitrogen and oxygen atoms in total. The Balaban J connectivity index is 2.09. The molecule has 0 bridgehead atoms. The number of benzene rings is 1. The van der Waals surface area contributed by atoms with Gasteiger partial charge >= 0.3 is 0 Å². The van der Waals surface area contributed by atoms with Crippen molar-refractivity contribution in [2.75, 3.05) is 5.32 Å². The first-order valence-corrected chi connectivity index (χ1v) is 5.43. The van der Waals surface area contributed by atoms with Gasteiger partial charge in [0.25, 0.3) is 0 Å². The highest BCUT2D eigenvalue weighted by molar-refractivity contribution is 7.80. The lowest BCUT2D eigenvalue weighted by Crippen LogP contribution is -2.10. The molecule has 0 fully saturated rings. The van der Waals surface area contributed by atoms with Crippen LogP contribution in [-0.4, -0.2) is 4.99 Å². The van der Waals surface area contributed by atoms with Crippen LogP contribution in [0.25, 0.3) is 0 Å². The van der Waals surface area contributed by atoms with Crippen LogP contribution in [0.15, 0.2) is 41.0 Å². The molecular formula is C12H11FN2OS. The summed E-state index contributed by atoms with van der Waals surface area (Å²) < 4.78 is 18.8. The van der Waals surface area contributed by atoms with E-state index in [9.17, 15) is 4.39 Å². The Hall–Kier alpha value is -1.88. The van der Waals surface area contributed by atoms with Gasteiger partial charge in [0.05, 0.1) is 18.5 Å². The first-order valence-electron chi connectivity index (χ1n) is 5.02. The van der Waals surface area contributed by atoms with Crippen LogP contribution in [0, 0.1) is 5.82 Å². The van der Waals surface area contributed by atoms with Gasteiger partial charge in [-0.15, -0.1) is 0 Å². The molecule has 0 saturated heterocycles. The third-order valence-electron chi connectivity index (χ3n) is 2.29. The largest absolute Gasteiger partial charge is 0.467 e. The minimum Gasteiger partial charge on any atom is -0.467 e. The number of thiocarbonyl (C=S) groups is 1. The predicted molar refractivity (Wildman–Crippen MR) is 68.3 cm³/mol. The second-order valence-electron chi connectivity index (χ2n) is 3.49. The van der Waals surface area contributed by atoms with E-state index in [-0.39, 0.29) is 10.8 Å². The van der Waals surface area contributed by atoms with E-state index in [4.69, 9.17) is 22.4 Å². The monoisotopic (exact) mass is 250 g/mol. The van der Waals surface area contributed by atoms with Crippen LogP contribution in [0.2, 0.25) is 0 Å². The lowest BCUT2D eigenvalue weighted by Gasteiger charge is -2.07. The second-order valence-corrected chi connectivity index (χ2v) is 3.93. The second kappa shape index (κ2) is 4.97. The van der Waals surface area contributed by atoms with Crippen molar-refractivity contribution in [3.05, 3.63) is 53.7 Å². The highest BCUT2D eigenvalue weighted by atomic mass is 32.1. The molecule has 88 valence electrons. The van der Waals surface area contributed by atoms with Gasteiger partial charge in [0.1, 0.15) is 16.6 Å². The van der Waals surface area contributed by atoms with Gasteiger partial charge in [0.2, 0.25) is 0 Å². The first-order chi connectivity index (χ1) is 8.16. The standard InChI is InChI=1S/C12H11FN2OS/c13-10-6-8(12(14)17)3-4-11(10)15-7-9-2-1-5-16-9/h1-6,15H,7H2,(H2,14,17). The van der Waals surface area contributed by atoms with E-state index in [1.165, 1.54) is 6.07 Å². The number of hydrogen-bond acceptors (Lipinski definition) is 3. The van der Waals surface area contributed by atoms with E-state index < -0.39 is 0 Å². The van der Waals surface area contributed by atoms with Crippen molar-refractivity contribution < 1.29 is 8.81 Å². The van der Waals surface area contributed by atoms with Crippen LogP contribution in [0.3, 0.4) is 0 Å². The lowest BCUT2D eigenvalue weighted by molar-refractivity contribution is 0.517. The van der Waals surface area contributed by atoms with Gasteiger partial charge in [-0.2, -0.15) is 0 Å². The Labute approximate surface area is 103 Å². The maximum Gasteiger partial charge on any atom is 0.146 e. The predicted octanol–water partition coefficient (Wildman–Crippen LogP) is 2.67. The number of anilines is 1. The summed E-state index contributed by atoms with van der Waals surface area (Å²) in [6, 6.07) is 8.19. The summed E-state index contributed by atoms with van der Waals surface area (Å²) in [7, 11) is 0. The molecule has 5 heteroatoms. The van der Waals surface area contributed by atoms with Crippen LogP contribution in [0.4, 0.5) is 10.1 Å². The zero-order chi connectivity index (χ0) is 12.3. The van der Waals surface area contributed by atoms with Gasteiger partial charge in [-0.1, -0.05) is 12.2 Å². The Morgan fingerprint density at radius 1 is 1.41 bits per heavy atom. The molecule has 3 N–H and O–H groups in total. The molecule has 0 aliphatic carbocycles. The molecule has 0 aliphatic heterocycles. The van der Waals surface area contributed by atoms with Crippen molar-refractivity contribution in [1.29, 1.82) is 0 Å². The summed E-state index contributed by atoms with van der Waals surface area (Å²) in [6.45, 7) is 0.427. The van der Waals surface area contributed by atoms with Crippen LogP contribution in [-0.2, 0) is 6.54 Å². The summed E-state index contributed by atoms with van der Waals surface area (Å²) in [5.74, 6) is 0.352. The molecule has 0 atom stereocenters. The fourth-order valence-electron chi connectivity index (χ4n) is 1.41. The van der Waals surface area contributed by atoms with E-state index in [1.807, 2.05) is 6.07 Å². The number of hydrogen-bond donors (Lipinski definition) is 2. The zero-order valence-corrected chi connectivity index (χ0v) is 9.76. The third kappa shape index (κ3) is 2.82. The topological polar surface area (TPSA) is 51.2 Å². The lowest BCUT2D eigenvalue weighted by atomic mass is 10.2. The van der Waals surface area contributed by atoms with E-state index in [0.717, 1.165) is 5.76 Å². The number of nitrogens with one attached hydrogen (secondary N) is 1. The molecule has 0 aliphatic rings. The van der Waals surface area contributed by atoms with Crippen molar-refractivity contribution in [2.45, 2.75) is 6.54 Å². The number of furan rings is 1. The number of rotatable bonds is 4. The molecular weight excluding hydrogens is 239 g/mol. The SMILES string of the molecule is NC(=S)c1ccc(NCc2ccco2)c(F)c1. The molecule has 0 radical (unpaired) electrons. The van der Waals surface area contributed by atoms with Gasteiger partial charge in [-0.25, -0.2) is 4.39 Å². The molecule has 2 rings (SSSR count). The first kappa shape index (κ1) is 11.6. The van der Waals surface area contributed by atoms with Gasteiger partial charge in [-0.05, 0) is 30.3 Å². The molecule has 17 heavy (non-hydrogen) atoms. The van der Waals surface area contributed by atoms with Gasteiger partial charge in [0.15, 0.2) is 0 Å². The molecule has 1 aromatic carbocycles. The van der Waals surface area contributed by atoms with Crippen molar-refractivity contribution in [2.24, 2.45) is 5.73 Å². The van der Waals surface area contributed by atoms with Crippen LogP contribution < -0.4 is 11.1 Å². The average Bonchev–Trinajstić information content (AvgIpc) is 2.80. The highest BCUT2D eigenvalue weighted by Gasteiger charge is 2.05. The molecule has 0 spiro atoms. The van der Waals surface area contributed by atoms with Crippen LogP contribution in [0.1, 0.15) is 11.3 Å². The minimum atomic E-state index is -0.387. The molecule has 0 saturated carbocycles. The fourth-order valence-corrected chi connectivity index (χ4v) is 1.53. The maximum atomic E-state index is 13.6. The molecule has 1 heterocycles. The van der Waals surface area contributed by atoms with Crippen molar-refractivity contribution in [3.8, 4) is 0 Å². The Bertz CT molecular complexity index is 525. The normalized spacial score (nSPS) is 10.2. The maximum absolute atomic E-state index is 13.6. The van der Waals surface area contributed by atoms with Gasteiger partial charge in [-0.3, -0.25) is 0 Å². The fraction of sp³-hybridized carbons (Fsp3) is 0.0833. The van der Waals surface area contributed by atoms with Gasteiger partial charge in [0, 0.05) is 5.56 Å². The smallest absolute Gasteiger partial charge is 0.146 e. The molecule has 1 aromatic heterocycles. The average molecular weight is 250 g/mol. The summed E-state index contributed by atoms with van der Waals surface area (Å²) in [5, 5.41) is 2.93. The van der Waals surface area contributed by atoms with Gasteiger partial charge < -0.3 is 15.5 Å². The quantitative estimate of drug-likeness (QED) is 0.819. The third-order valence-corrected chi connectivity index (χ3v) is 2.52. The van der Waals surface area contributed by atoms with E-state index in [2.05, 4.69) is 5.32 Å². The van der Waals surface area contributed by atoms with Crippen molar-refractivity contribution >= 4 is 22.9 Å². The minimum absolute atomic E-state index is 0.182. The Morgan fingerprint density at radius 3 is 2.82 bits per heavy atom. The number of halogens is 1. The molecule has 2 aromatic rings. The summed E-state index contributed by atoms with van der Waals surface area (Å²) in [5.41, 5.74) is 6.32.